The van der Waals surface area contributed by atoms with Crippen molar-refractivity contribution in [3.63, 3.8) is 0 Å². The molecule has 0 aromatic carbocycles. The largest absolute Gasteiger partial charge is 0.355 e. The van der Waals surface area contributed by atoms with E-state index in [-0.39, 0.29) is 16.0 Å². The molecule has 0 saturated carbocycles. The van der Waals surface area contributed by atoms with Crippen LogP contribution >= 0.6 is 11.6 Å². The van der Waals surface area contributed by atoms with Crippen LogP contribution in [-0.2, 0) is 14.8 Å². The van der Waals surface area contributed by atoms with Crippen LogP contribution in [0.5, 0.6) is 0 Å². The van der Waals surface area contributed by atoms with E-state index in [1.807, 2.05) is 0 Å². The molecule has 0 radical (unpaired) electrons. The quantitative estimate of drug-likeness (QED) is 0.804. The van der Waals surface area contributed by atoms with E-state index in [1.165, 1.54) is 18.3 Å². The third kappa shape index (κ3) is 3.43. The van der Waals surface area contributed by atoms with Gasteiger partial charge >= 0.3 is 0 Å². The first-order valence-electron chi connectivity index (χ1n) is 5.91. The number of sulfonamides is 1. The molecule has 0 spiro atoms. The second kappa shape index (κ2) is 5.85. The fraction of sp³-hybridized carbons (Fsp3) is 0.455. The summed E-state index contributed by atoms with van der Waals surface area (Å²) < 4.78 is 26.7. The Morgan fingerprint density at radius 1 is 1.42 bits per heavy atom. The van der Waals surface area contributed by atoms with Gasteiger partial charge in [0.2, 0.25) is 15.9 Å². The van der Waals surface area contributed by atoms with E-state index in [9.17, 15) is 13.2 Å². The predicted octanol–water partition coefficient (Wildman–Crippen LogP) is 0.682. The van der Waals surface area contributed by atoms with Crippen molar-refractivity contribution in [3.8, 4) is 0 Å². The predicted molar refractivity (Wildman–Crippen MR) is 70.2 cm³/mol. The normalized spacial score (nSPS) is 20.7. The minimum Gasteiger partial charge on any atom is -0.355 e. The Hall–Kier alpha value is -1.18. The van der Waals surface area contributed by atoms with Gasteiger partial charge in [-0.3, -0.25) is 4.79 Å². The zero-order chi connectivity index (χ0) is 13.9. The minimum atomic E-state index is -3.84. The molecule has 2 N–H and O–H groups in total. The summed E-state index contributed by atoms with van der Waals surface area (Å²) in [5, 5.41) is 2.56. The van der Waals surface area contributed by atoms with E-state index in [0.717, 1.165) is 12.8 Å². The Balaban J connectivity index is 2.21. The third-order valence-electron chi connectivity index (χ3n) is 2.85. The molecule has 1 unspecified atom stereocenters. The second-order valence-electron chi connectivity index (χ2n) is 4.25. The number of hydrogen-bond donors (Lipinski definition) is 2. The molecular weight excluding hydrogens is 290 g/mol. The van der Waals surface area contributed by atoms with Gasteiger partial charge in [-0.2, -0.15) is 4.72 Å². The maximum absolute atomic E-state index is 12.2. The van der Waals surface area contributed by atoms with Crippen molar-refractivity contribution in [2.75, 3.05) is 6.54 Å². The number of nitrogens with one attached hydrogen (secondary N) is 2. The molecule has 2 rings (SSSR count). The fourth-order valence-electron chi connectivity index (χ4n) is 1.87. The van der Waals surface area contributed by atoms with E-state index >= 15 is 0 Å². The average Bonchev–Trinajstić information content (AvgIpc) is 2.55. The maximum atomic E-state index is 12.2. The zero-order valence-corrected chi connectivity index (χ0v) is 11.7. The molecule has 1 saturated heterocycles. The lowest BCUT2D eigenvalue weighted by Gasteiger charge is -2.15. The van der Waals surface area contributed by atoms with Crippen molar-refractivity contribution >= 4 is 27.5 Å². The van der Waals surface area contributed by atoms with Gasteiger partial charge in [-0.25, -0.2) is 13.4 Å². The smallest absolute Gasteiger partial charge is 0.244 e. The highest BCUT2D eigenvalue weighted by atomic mass is 35.5. The van der Waals surface area contributed by atoms with Crippen molar-refractivity contribution in [2.24, 2.45) is 0 Å². The van der Waals surface area contributed by atoms with Crippen molar-refractivity contribution in [1.82, 2.24) is 15.0 Å². The summed E-state index contributed by atoms with van der Waals surface area (Å²) in [5.74, 6) is -0.305. The highest BCUT2D eigenvalue weighted by Gasteiger charge is 2.28. The average molecular weight is 304 g/mol. The first-order chi connectivity index (χ1) is 9.00. The lowest BCUT2D eigenvalue weighted by atomic mass is 10.1. The summed E-state index contributed by atoms with van der Waals surface area (Å²) in [4.78, 5) is 15.3. The molecule has 1 aliphatic rings. The first kappa shape index (κ1) is 14.2. The van der Waals surface area contributed by atoms with Gasteiger partial charge in [-0.05, 0) is 31.4 Å². The Morgan fingerprint density at radius 3 is 2.95 bits per heavy atom. The van der Waals surface area contributed by atoms with E-state index in [2.05, 4.69) is 15.0 Å². The summed E-state index contributed by atoms with van der Waals surface area (Å²) in [6.45, 7) is 0.574. The fourth-order valence-corrected chi connectivity index (χ4v) is 3.56. The molecule has 1 aromatic heterocycles. The number of pyridine rings is 1. The Morgan fingerprint density at radius 2 is 2.21 bits per heavy atom. The SMILES string of the molecule is O=C1NCCCCC1NS(=O)(=O)c1cccnc1Cl. The van der Waals surface area contributed by atoms with Crippen LogP contribution in [0.4, 0.5) is 0 Å². The van der Waals surface area contributed by atoms with Crippen LogP contribution < -0.4 is 10.0 Å². The van der Waals surface area contributed by atoms with Crippen LogP contribution in [0.2, 0.25) is 5.15 Å². The number of amides is 1. The Bertz CT molecular complexity index is 576. The molecule has 1 fully saturated rings. The van der Waals surface area contributed by atoms with Gasteiger partial charge in [0.05, 0.1) is 0 Å². The summed E-state index contributed by atoms with van der Waals surface area (Å²) in [6.07, 6.45) is 3.51. The van der Waals surface area contributed by atoms with Crippen LogP contribution in [0.1, 0.15) is 19.3 Å². The topological polar surface area (TPSA) is 88.2 Å². The Labute approximate surface area is 116 Å². The molecule has 1 aliphatic heterocycles. The number of hydrogen-bond acceptors (Lipinski definition) is 4. The van der Waals surface area contributed by atoms with E-state index in [4.69, 9.17) is 11.6 Å². The van der Waals surface area contributed by atoms with E-state index in [1.54, 1.807) is 0 Å². The molecular formula is C11H14ClN3O3S. The highest BCUT2D eigenvalue weighted by molar-refractivity contribution is 7.89. The third-order valence-corrected chi connectivity index (χ3v) is 4.76. The van der Waals surface area contributed by atoms with Crippen LogP contribution in [0.25, 0.3) is 0 Å². The number of aromatic nitrogens is 1. The van der Waals surface area contributed by atoms with Gasteiger partial charge in [0.25, 0.3) is 0 Å². The summed E-state index contributed by atoms with van der Waals surface area (Å²) in [7, 11) is -3.84. The van der Waals surface area contributed by atoms with Gasteiger partial charge in [0, 0.05) is 12.7 Å². The second-order valence-corrected chi connectivity index (χ2v) is 6.29. The van der Waals surface area contributed by atoms with Crippen LogP contribution in [-0.4, -0.2) is 31.9 Å². The lowest BCUT2D eigenvalue weighted by molar-refractivity contribution is -0.122. The van der Waals surface area contributed by atoms with E-state index in [0.29, 0.717) is 13.0 Å². The van der Waals surface area contributed by atoms with Gasteiger partial charge < -0.3 is 5.32 Å². The molecule has 2 heterocycles. The molecule has 1 aromatic rings. The molecule has 1 atom stereocenters. The Kier molecular flexibility index (Phi) is 4.38. The van der Waals surface area contributed by atoms with Gasteiger partial charge in [-0.15, -0.1) is 0 Å². The van der Waals surface area contributed by atoms with Crippen molar-refractivity contribution in [1.29, 1.82) is 0 Å². The summed E-state index contributed by atoms with van der Waals surface area (Å²) in [6, 6.07) is 2.07. The molecule has 0 bridgehead atoms. The highest BCUT2D eigenvalue weighted by Crippen LogP contribution is 2.19. The lowest BCUT2D eigenvalue weighted by Crippen LogP contribution is -2.45. The van der Waals surface area contributed by atoms with Gasteiger partial charge in [-0.1, -0.05) is 11.6 Å². The van der Waals surface area contributed by atoms with E-state index < -0.39 is 16.1 Å². The molecule has 8 heteroatoms. The van der Waals surface area contributed by atoms with Gasteiger partial charge in [0.15, 0.2) is 0 Å². The molecule has 1 amide bonds. The molecule has 0 aliphatic carbocycles. The van der Waals surface area contributed by atoms with Crippen LogP contribution in [0.3, 0.4) is 0 Å². The maximum Gasteiger partial charge on any atom is 0.244 e. The van der Waals surface area contributed by atoms with Crippen molar-refractivity contribution in [2.45, 2.75) is 30.2 Å². The molecule has 104 valence electrons. The number of carbonyl (C=O) groups is 1. The molecule has 19 heavy (non-hydrogen) atoms. The summed E-state index contributed by atoms with van der Waals surface area (Å²) >= 11 is 5.76. The zero-order valence-electron chi connectivity index (χ0n) is 10.1. The van der Waals surface area contributed by atoms with Crippen LogP contribution in [0, 0.1) is 0 Å². The number of nitrogens with zero attached hydrogens (tertiary/aromatic N) is 1. The minimum absolute atomic E-state index is 0.107. The first-order valence-corrected chi connectivity index (χ1v) is 7.77. The van der Waals surface area contributed by atoms with Gasteiger partial charge in [0.1, 0.15) is 16.1 Å². The molecule has 6 nitrogen and oxygen atoms in total. The number of carbonyl (C=O) groups excluding carboxylic acids is 1. The van der Waals surface area contributed by atoms with Crippen molar-refractivity contribution in [3.05, 3.63) is 23.5 Å². The van der Waals surface area contributed by atoms with Crippen LogP contribution in [0.15, 0.2) is 23.2 Å². The number of halogens is 1. The standard InChI is InChI=1S/C11H14ClN3O3S/c12-10-9(5-3-7-13-10)19(17,18)15-8-4-1-2-6-14-11(8)16/h3,5,7-8,15H,1-2,4,6H2,(H,14,16). The monoisotopic (exact) mass is 303 g/mol. The number of rotatable bonds is 3. The van der Waals surface area contributed by atoms with Crippen molar-refractivity contribution < 1.29 is 13.2 Å². The summed E-state index contributed by atoms with van der Waals surface area (Å²) in [5.41, 5.74) is 0.